The third kappa shape index (κ3) is 4.23. The number of hydrogen-bond acceptors (Lipinski definition) is 7. The molecule has 0 spiro atoms. The van der Waals surface area contributed by atoms with Gasteiger partial charge in [0.1, 0.15) is 13.2 Å². The lowest BCUT2D eigenvalue weighted by atomic mass is 10.1. The zero-order valence-electron chi connectivity index (χ0n) is 17.0. The Balaban J connectivity index is 1.50. The highest BCUT2D eigenvalue weighted by Crippen LogP contribution is 2.32. The zero-order valence-corrected chi connectivity index (χ0v) is 17.8. The number of sulfonamides is 1. The van der Waals surface area contributed by atoms with Gasteiger partial charge in [-0.3, -0.25) is 4.79 Å². The highest BCUT2D eigenvalue weighted by atomic mass is 32.2. The number of ether oxygens (including phenoxy) is 2. The number of aryl methyl sites for hydroxylation is 1. The van der Waals surface area contributed by atoms with Crippen LogP contribution in [0.3, 0.4) is 0 Å². The molecule has 1 amide bonds. The SMILES string of the molecule is Cc1cc(S(N)(=O)=O)ccc1CNC(=O)c1nnn(-c2ccc3c(c2)OCCO3)c1C. The smallest absolute Gasteiger partial charge is 0.274 e. The molecule has 3 aromatic rings. The predicted octanol–water partition coefficient (Wildman–Crippen LogP) is 1.23. The summed E-state index contributed by atoms with van der Waals surface area (Å²) < 4.78 is 35.6. The van der Waals surface area contributed by atoms with Crippen LogP contribution in [0.25, 0.3) is 5.69 Å². The van der Waals surface area contributed by atoms with Crippen molar-refractivity contribution in [2.45, 2.75) is 25.3 Å². The number of aromatic nitrogens is 3. The molecule has 4 rings (SSSR count). The lowest BCUT2D eigenvalue weighted by Gasteiger charge is -2.18. The number of nitrogens with one attached hydrogen (secondary N) is 1. The molecule has 0 bridgehead atoms. The largest absolute Gasteiger partial charge is 0.486 e. The van der Waals surface area contributed by atoms with Crippen molar-refractivity contribution in [2.75, 3.05) is 13.2 Å². The maximum absolute atomic E-state index is 12.7. The second-order valence-electron chi connectivity index (χ2n) is 7.08. The van der Waals surface area contributed by atoms with Crippen molar-refractivity contribution in [1.82, 2.24) is 20.3 Å². The molecule has 0 saturated carbocycles. The first kappa shape index (κ1) is 20.8. The topological polar surface area (TPSA) is 138 Å². The molecule has 3 N–H and O–H groups in total. The minimum atomic E-state index is -3.78. The van der Waals surface area contributed by atoms with E-state index in [1.165, 1.54) is 12.1 Å². The monoisotopic (exact) mass is 443 g/mol. The van der Waals surface area contributed by atoms with Crippen LogP contribution in [-0.4, -0.2) is 42.5 Å². The van der Waals surface area contributed by atoms with Crippen LogP contribution >= 0.6 is 0 Å². The van der Waals surface area contributed by atoms with E-state index in [2.05, 4.69) is 15.6 Å². The number of amides is 1. The fraction of sp³-hybridized carbons (Fsp3) is 0.250. The van der Waals surface area contributed by atoms with E-state index >= 15 is 0 Å². The van der Waals surface area contributed by atoms with E-state index in [0.717, 1.165) is 5.56 Å². The molecule has 31 heavy (non-hydrogen) atoms. The molecular weight excluding hydrogens is 422 g/mol. The zero-order chi connectivity index (χ0) is 22.2. The molecule has 2 aromatic carbocycles. The van der Waals surface area contributed by atoms with Gasteiger partial charge in [0, 0.05) is 12.6 Å². The maximum Gasteiger partial charge on any atom is 0.274 e. The van der Waals surface area contributed by atoms with Gasteiger partial charge in [-0.1, -0.05) is 11.3 Å². The molecule has 10 nitrogen and oxygen atoms in total. The van der Waals surface area contributed by atoms with Crippen molar-refractivity contribution in [3.63, 3.8) is 0 Å². The van der Waals surface area contributed by atoms with Crippen molar-refractivity contribution in [3.8, 4) is 17.2 Å². The number of nitrogens with two attached hydrogens (primary N) is 1. The van der Waals surface area contributed by atoms with E-state index in [9.17, 15) is 13.2 Å². The van der Waals surface area contributed by atoms with Crippen molar-refractivity contribution in [2.24, 2.45) is 5.14 Å². The molecule has 0 atom stereocenters. The molecule has 0 fully saturated rings. The average Bonchev–Trinajstić information content (AvgIpc) is 3.13. The Labute approximate surface area is 179 Å². The van der Waals surface area contributed by atoms with Crippen molar-refractivity contribution in [1.29, 1.82) is 0 Å². The van der Waals surface area contributed by atoms with Crippen molar-refractivity contribution < 1.29 is 22.7 Å². The Kier molecular flexibility index (Phi) is 5.38. The fourth-order valence-corrected chi connectivity index (χ4v) is 3.85. The van der Waals surface area contributed by atoms with Crippen LogP contribution in [0.5, 0.6) is 11.5 Å². The average molecular weight is 443 g/mol. The van der Waals surface area contributed by atoms with E-state index in [1.54, 1.807) is 36.7 Å². The van der Waals surface area contributed by atoms with Gasteiger partial charge in [-0.2, -0.15) is 0 Å². The highest BCUT2D eigenvalue weighted by Gasteiger charge is 2.19. The third-order valence-electron chi connectivity index (χ3n) is 4.96. The van der Waals surface area contributed by atoms with Crippen LogP contribution in [0.15, 0.2) is 41.3 Å². The van der Waals surface area contributed by atoms with E-state index in [-0.39, 0.29) is 17.1 Å². The van der Waals surface area contributed by atoms with Crippen LogP contribution in [-0.2, 0) is 16.6 Å². The minimum Gasteiger partial charge on any atom is -0.486 e. The van der Waals surface area contributed by atoms with Crippen molar-refractivity contribution >= 4 is 15.9 Å². The summed E-state index contributed by atoms with van der Waals surface area (Å²) in [5, 5.41) is 16.1. The number of fused-ring (bicyclic) bond motifs is 1. The molecule has 11 heteroatoms. The van der Waals surface area contributed by atoms with Gasteiger partial charge in [-0.15, -0.1) is 5.10 Å². The first-order chi connectivity index (χ1) is 14.7. The fourth-order valence-electron chi connectivity index (χ4n) is 3.25. The number of carbonyl (C=O) groups excluding carboxylic acids is 1. The Bertz CT molecular complexity index is 1270. The molecular formula is C20H21N5O5S. The van der Waals surface area contributed by atoms with E-state index in [4.69, 9.17) is 14.6 Å². The van der Waals surface area contributed by atoms with Crippen molar-refractivity contribution in [3.05, 3.63) is 58.9 Å². The lowest BCUT2D eigenvalue weighted by molar-refractivity contribution is 0.0945. The van der Waals surface area contributed by atoms with Crippen LogP contribution in [0.1, 0.15) is 27.3 Å². The summed E-state index contributed by atoms with van der Waals surface area (Å²) in [6.07, 6.45) is 0. The Morgan fingerprint density at radius 1 is 1.13 bits per heavy atom. The van der Waals surface area contributed by atoms with Gasteiger partial charge in [-0.25, -0.2) is 18.2 Å². The Morgan fingerprint density at radius 3 is 2.58 bits per heavy atom. The Morgan fingerprint density at radius 2 is 1.87 bits per heavy atom. The maximum atomic E-state index is 12.7. The summed E-state index contributed by atoms with van der Waals surface area (Å²) >= 11 is 0. The van der Waals surface area contributed by atoms with E-state index in [1.807, 2.05) is 6.07 Å². The Hall–Kier alpha value is -3.44. The van der Waals surface area contributed by atoms with Gasteiger partial charge in [0.2, 0.25) is 10.0 Å². The van der Waals surface area contributed by atoms with E-state index < -0.39 is 15.9 Å². The standard InChI is InChI=1S/C20H21N5O5S/c1-12-9-16(31(21,27)28)5-3-14(12)11-22-20(26)19-13(2)25(24-23-19)15-4-6-17-18(10-15)30-8-7-29-17/h3-6,9-10H,7-8,11H2,1-2H3,(H,22,26)(H2,21,27,28). The summed E-state index contributed by atoms with van der Waals surface area (Å²) in [7, 11) is -3.78. The normalized spacial score (nSPS) is 13.1. The number of carbonyl (C=O) groups is 1. The second kappa shape index (κ2) is 8.00. The van der Waals surface area contributed by atoms with Gasteiger partial charge in [0.25, 0.3) is 5.91 Å². The summed E-state index contributed by atoms with van der Waals surface area (Å²) in [6, 6.07) is 9.89. The van der Waals surface area contributed by atoms with Crippen LogP contribution in [0.4, 0.5) is 0 Å². The van der Waals surface area contributed by atoms with Crippen LogP contribution in [0.2, 0.25) is 0 Å². The van der Waals surface area contributed by atoms with Gasteiger partial charge in [0.05, 0.1) is 16.3 Å². The predicted molar refractivity (Wildman–Crippen MR) is 111 cm³/mol. The van der Waals surface area contributed by atoms with Crippen LogP contribution in [0, 0.1) is 13.8 Å². The molecule has 1 aromatic heterocycles. The lowest BCUT2D eigenvalue weighted by Crippen LogP contribution is -2.24. The molecule has 1 aliphatic rings. The first-order valence-corrected chi connectivity index (χ1v) is 11.0. The minimum absolute atomic E-state index is 0.0262. The molecule has 0 aliphatic carbocycles. The summed E-state index contributed by atoms with van der Waals surface area (Å²) in [4.78, 5) is 12.7. The van der Waals surface area contributed by atoms with Gasteiger partial charge < -0.3 is 14.8 Å². The molecule has 2 heterocycles. The van der Waals surface area contributed by atoms with E-state index in [0.29, 0.717) is 41.7 Å². The summed E-state index contributed by atoms with van der Waals surface area (Å²) in [5.41, 5.74) is 2.91. The van der Waals surface area contributed by atoms with Gasteiger partial charge in [-0.05, 0) is 49.2 Å². The highest BCUT2D eigenvalue weighted by molar-refractivity contribution is 7.89. The number of benzene rings is 2. The second-order valence-corrected chi connectivity index (χ2v) is 8.64. The number of primary sulfonamides is 1. The molecule has 0 unspecified atom stereocenters. The third-order valence-corrected chi connectivity index (χ3v) is 5.87. The molecule has 162 valence electrons. The van der Waals surface area contributed by atoms with Crippen LogP contribution < -0.4 is 19.9 Å². The summed E-state index contributed by atoms with van der Waals surface area (Å²) in [6.45, 7) is 4.67. The quantitative estimate of drug-likeness (QED) is 0.605. The van der Waals surface area contributed by atoms with Gasteiger partial charge in [0.15, 0.2) is 17.2 Å². The molecule has 1 aliphatic heterocycles. The molecule has 0 radical (unpaired) electrons. The van der Waals surface area contributed by atoms with Gasteiger partial charge >= 0.3 is 0 Å². The molecule has 0 saturated heterocycles. The first-order valence-electron chi connectivity index (χ1n) is 9.47. The summed E-state index contributed by atoms with van der Waals surface area (Å²) in [5.74, 6) is 0.883. The number of hydrogen-bond donors (Lipinski definition) is 2. The number of rotatable bonds is 5. The number of nitrogens with zero attached hydrogens (tertiary/aromatic N) is 3.